The Morgan fingerprint density at radius 3 is 2.82 bits per heavy atom. The molecule has 0 aliphatic rings. The molecule has 0 aliphatic heterocycles. The number of pyridine rings is 1. The van der Waals surface area contributed by atoms with Crippen molar-refractivity contribution in [2.75, 3.05) is 12.4 Å². The van der Waals surface area contributed by atoms with Crippen LogP contribution in [0, 0.1) is 5.82 Å². The first-order valence-electron chi connectivity index (χ1n) is 9.02. The molecular weight excluding hydrogens is 359 g/mol. The maximum atomic E-state index is 14.2. The molecule has 3 heterocycles. The summed E-state index contributed by atoms with van der Waals surface area (Å²) in [6.07, 6.45) is 3.41. The van der Waals surface area contributed by atoms with Gasteiger partial charge in [0.25, 0.3) is 0 Å². The standard InChI is InChI=1S/C20H21FN6O/c1-13(2)27-17(9-10-24-27)14-7-8-19(26-12-23-25-20(14)26)22-11-15-16(21)5-4-6-18(15)28-3/h4-10,12-13,22H,11H2,1-3H3. The molecule has 8 heteroatoms. The van der Waals surface area contributed by atoms with E-state index in [0.29, 0.717) is 17.0 Å². The Bertz CT molecular complexity index is 1120. The number of aromatic nitrogens is 5. The lowest BCUT2D eigenvalue weighted by atomic mass is 10.1. The Balaban J connectivity index is 1.70. The van der Waals surface area contributed by atoms with Crippen LogP contribution < -0.4 is 10.1 Å². The van der Waals surface area contributed by atoms with Gasteiger partial charge in [-0.2, -0.15) is 5.10 Å². The quantitative estimate of drug-likeness (QED) is 0.549. The van der Waals surface area contributed by atoms with E-state index in [1.807, 2.05) is 27.3 Å². The van der Waals surface area contributed by atoms with Gasteiger partial charge in [-0.1, -0.05) is 6.07 Å². The van der Waals surface area contributed by atoms with Crippen LogP contribution in [0.1, 0.15) is 25.5 Å². The Morgan fingerprint density at radius 2 is 2.04 bits per heavy atom. The molecule has 3 aromatic heterocycles. The normalized spacial score (nSPS) is 11.3. The summed E-state index contributed by atoms with van der Waals surface area (Å²) in [7, 11) is 1.53. The lowest BCUT2D eigenvalue weighted by Crippen LogP contribution is -2.08. The zero-order chi connectivity index (χ0) is 19.7. The molecule has 0 aliphatic carbocycles. The minimum absolute atomic E-state index is 0.222. The van der Waals surface area contributed by atoms with E-state index in [9.17, 15) is 4.39 Å². The van der Waals surface area contributed by atoms with Crippen LogP contribution in [0.2, 0.25) is 0 Å². The Hall–Kier alpha value is -3.42. The molecule has 0 saturated carbocycles. The number of benzene rings is 1. The molecule has 0 fully saturated rings. The zero-order valence-corrected chi connectivity index (χ0v) is 15.9. The number of methoxy groups -OCH3 is 1. The summed E-state index contributed by atoms with van der Waals surface area (Å²) in [5, 5.41) is 16.0. The molecule has 4 rings (SSSR count). The van der Waals surface area contributed by atoms with Gasteiger partial charge in [0.1, 0.15) is 23.7 Å². The van der Waals surface area contributed by atoms with Crippen molar-refractivity contribution in [3.8, 4) is 17.0 Å². The third-order valence-electron chi connectivity index (χ3n) is 4.63. The van der Waals surface area contributed by atoms with Gasteiger partial charge >= 0.3 is 0 Å². The first-order valence-corrected chi connectivity index (χ1v) is 9.02. The molecule has 0 bridgehead atoms. The largest absolute Gasteiger partial charge is 0.496 e. The molecule has 0 spiro atoms. The van der Waals surface area contributed by atoms with E-state index in [2.05, 4.69) is 34.5 Å². The smallest absolute Gasteiger partial charge is 0.171 e. The fourth-order valence-corrected chi connectivity index (χ4v) is 3.28. The summed E-state index contributed by atoms with van der Waals surface area (Å²) in [6.45, 7) is 4.43. The third-order valence-corrected chi connectivity index (χ3v) is 4.63. The zero-order valence-electron chi connectivity index (χ0n) is 15.9. The van der Waals surface area contributed by atoms with Crippen LogP contribution in [-0.2, 0) is 6.54 Å². The van der Waals surface area contributed by atoms with Crippen molar-refractivity contribution >= 4 is 11.5 Å². The van der Waals surface area contributed by atoms with Crippen molar-refractivity contribution in [2.24, 2.45) is 0 Å². The minimum Gasteiger partial charge on any atom is -0.496 e. The number of halogens is 1. The Morgan fingerprint density at radius 1 is 1.18 bits per heavy atom. The first-order chi connectivity index (χ1) is 13.6. The second kappa shape index (κ2) is 7.30. The highest BCUT2D eigenvalue weighted by molar-refractivity contribution is 5.77. The minimum atomic E-state index is -0.315. The molecule has 1 N–H and O–H groups in total. The van der Waals surface area contributed by atoms with Gasteiger partial charge in [-0.05, 0) is 44.2 Å². The van der Waals surface area contributed by atoms with Crippen molar-refractivity contribution in [2.45, 2.75) is 26.4 Å². The van der Waals surface area contributed by atoms with Gasteiger partial charge < -0.3 is 10.1 Å². The summed E-state index contributed by atoms with van der Waals surface area (Å²) in [6, 6.07) is 10.9. The van der Waals surface area contributed by atoms with Crippen molar-refractivity contribution in [1.29, 1.82) is 0 Å². The van der Waals surface area contributed by atoms with Crippen molar-refractivity contribution in [3.05, 3.63) is 60.3 Å². The molecule has 144 valence electrons. The van der Waals surface area contributed by atoms with Crippen molar-refractivity contribution in [3.63, 3.8) is 0 Å². The van der Waals surface area contributed by atoms with E-state index >= 15 is 0 Å². The van der Waals surface area contributed by atoms with Crippen LogP contribution in [0.25, 0.3) is 16.9 Å². The third kappa shape index (κ3) is 3.06. The summed E-state index contributed by atoms with van der Waals surface area (Å²) in [5.41, 5.74) is 3.06. The molecular formula is C20H21FN6O. The SMILES string of the molecule is COc1cccc(F)c1CNc1ccc(-c2ccnn2C(C)C)c2nncn12. The average molecular weight is 380 g/mol. The second-order valence-corrected chi connectivity index (χ2v) is 6.69. The number of ether oxygens (including phenoxy) is 1. The van der Waals surface area contributed by atoms with E-state index in [-0.39, 0.29) is 18.4 Å². The Kier molecular flexibility index (Phi) is 4.68. The molecule has 28 heavy (non-hydrogen) atoms. The highest BCUT2D eigenvalue weighted by Gasteiger charge is 2.16. The molecule has 0 atom stereocenters. The van der Waals surface area contributed by atoms with Gasteiger partial charge in [0.15, 0.2) is 5.65 Å². The first kappa shape index (κ1) is 18.0. The summed E-state index contributed by atoms with van der Waals surface area (Å²) >= 11 is 0. The maximum absolute atomic E-state index is 14.2. The van der Waals surface area contributed by atoms with Crippen LogP contribution in [0.3, 0.4) is 0 Å². The Labute approximate surface area is 161 Å². The number of fused-ring (bicyclic) bond motifs is 1. The van der Waals surface area contributed by atoms with Crippen LogP contribution >= 0.6 is 0 Å². The lowest BCUT2D eigenvalue weighted by Gasteiger charge is -2.15. The maximum Gasteiger partial charge on any atom is 0.171 e. The average Bonchev–Trinajstić information content (AvgIpc) is 3.36. The monoisotopic (exact) mass is 380 g/mol. The summed E-state index contributed by atoms with van der Waals surface area (Å²) in [4.78, 5) is 0. The van der Waals surface area contributed by atoms with Crippen LogP contribution in [-0.4, -0.2) is 31.5 Å². The van der Waals surface area contributed by atoms with Crippen LogP contribution in [0.15, 0.2) is 48.9 Å². The fraction of sp³-hybridized carbons (Fsp3) is 0.250. The number of hydrogen-bond donors (Lipinski definition) is 1. The van der Waals surface area contributed by atoms with Crippen LogP contribution in [0.4, 0.5) is 10.2 Å². The fourth-order valence-electron chi connectivity index (χ4n) is 3.28. The lowest BCUT2D eigenvalue weighted by molar-refractivity contribution is 0.405. The summed E-state index contributed by atoms with van der Waals surface area (Å²) < 4.78 is 23.3. The van der Waals surface area contributed by atoms with E-state index in [0.717, 1.165) is 17.1 Å². The van der Waals surface area contributed by atoms with Gasteiger partial charge in [0.05, 0.1) is 12.8 Å². The molecule has 1 aromatic carbocycles. The van der Waals surface area contributed by atoms with Crippen LogP contribution in [0.5, 0.6) is 5.75 Å². The number of rotatable bonds is 6. The predicted molar refractivity (Wildman–Crippen MR) is 105 cm³/mol. The molecule has 0 unspecified atom stereocenters. The van der Waals surface area contributed by atoms with E-state index in [1.165, 1.54) is 13.2 Å². The van der Waals surface area contributed by atoms with E-state index in [4.69, 9.17) is 4.74 Å². The van der Waals surface area contributed by atoms with Gasteiger partial charge in [-0.15, -0.1) is 10.2 Å². The number of nitrogens with one attached hydrogen (secondary N) is 1. The van der Waals surface area contributed by atoms with Gasteiger partial charge in [0, 0.05) is 29.9 Å². The summed E-state index contributed by atoms with van der Waals surface area (Å²) in [5.74, 6) is 0.943. The molecule has 7 nitrogen and oxygen atoms in total. The topological polar surface area (TPSA) is 69.3 Å². The molecule has 0 amide bonds. The van der Waals surface area contributed by atoms with Gasteiger partial charge in [-0.25, -0.2) is 4.39 Å². The van der Waals surface area contributed by atoms with Crippen molar-refractivity contribution < 1.29 is 9.13 Å². The van der Waals surface area contributed by atoms with E-state index < -0.39 is 0 Å². The highest BCUT2D eigenvalue weighted by Crippen LogP contribution is 2.28. The molecule has 4 aromatic rings. The van der Waals surface area contributed by atoms with Crippen molar-refractivity contribution in [1.82, 2.24) is 24.4 Å². The molecule has 0 saturated heterocycles. The predicted octanol–water partition coefficient (Wildman–Crippen LogP) is 3.93. The van der Waals surface area contributed by atoms with Gasteiger partial charge in [0.2, 0.25) is 0 Å². The number of anilines is 1. The number of nitrogens with zero attached hydrogens (tertiary/aromatic N) is 5. The highest BCUT2D eigenvalue weighted by atomic mass is 19.1. The second-order valence-electron chi connectivity index (χ2n) is 6.69. The van der Waals surface area contributed by atoms with E-state index in [1.54, 1.807) is 24.7 Å². The van der Waals surface area contributed by atoms with Gasteiger partial charge in [-0.3, -0.25) is 9.08 Å². The molecule has 0 radical (unpaired) electrons. The number of hydrogen-bond acceptors (Lipinski definition) is 5.